The first-order chi connectivity index (χ1) is 19.2. The number of allylic oxidation sites excluding steroid dienone is 1. The lowest BCUT2D eigenvalue weighted by Gasteiger charge is -2.26. The van der Waals surface area contributed by atoms with Crippen LogP contribution in [0.3, 0.4) is 0 Å². The zero-order chi connectivity index (χ0) is 27.5. The van der Waals surface area contributed by atoms with Crippen LogP contribution in [0.2, 0.25) is 0 Å². The van der Waals surface area contributed by atoms with Gasteiger partial charge in [0.25, 0.3) is 0 Å². The highest BCUT2D eigenvalue weighted by Gasteiger charge is 2.18. The Kier molecular flexibility index (Phi) is 14.6. The molecule has 0 spiro atoms. The van der Waals surface area contributed by atoms with Gasteiger partial charge in [0.15, 0.2) is 0 Å². The molecule has 39 heavy (non-hydrogen) atoms. The second-order valence-corrected chi connectivity index (χ2v) is 11.0. The predicted molar refractivity (Wildman–Crippen MR) is 161 cm³/mol. The number of benzene rings is 2. The van der Waals surface area contributed by atoms with E-state index in [4.69, 9.17) is 14.2 Å². The summed E-state index contributed by atoms with van der Waals surface area (Å²) in [5, 5.41) is 0. The molecule has 0 radical (unpaired) electrons. The molecule has 4 heteroatoms. The van der Waals surface area contributed by atoms with Crippen LogP contribution in [0, 0.1) is 11.8 Å². The van der Waals surface area contributed by atoms with Crippen molar-refractivity contribution in [2.24, 2.45) is 11.8 Å². The maximum Gasteiger partial charge on any atom is 0.343 e. The molecular formula is C35H50O4. The van der Waals surface area contributed by atoms with E-state index >= 15 is 0 Å². The van der Waals surface area contributed by atoms with Crippen molar-refractivity contribution in [3.8, 4) is 17.2 Å². The first kappa shape index (κ1) is 30.8. The van der Waals surface area contributed by atoms with Gasteiger partial charge in [0.05, 0.1) is 12.2 Å². The SMILES string of the molecule is CCCCCCCCOc1ccc(C(=O)Oc2ccc(OCC=CC3CCC(CCCCC)CC3)cc2)cc1. The number of hydrogen-bond acceptors (Lipinski definition) is 4. The number of hydrogen-bond donors (Lipinski definition) is 0. The van der Waals surface area contributed by atoms with E-state index in [1.165, 1.54) is 83.5 Å². The van der Waals surface area contributed by atoms with Crippen LogP contribution in [-0.4, -0.2) is 19.2 Å². The molecule has 0 bridgehead atoms. The van der Waals surface area contributed by atoms with E-state index in [0.29, 0.717) is 30.4 Å². The molecule has 4 nitrogen and oxygen atoms in total. The van der Waals surface area contributed by atoms with Gasteiger partial charge in [-0.15, -0.1) is 0 Å². The van der Waals surface area contributed by atoms with Crippen LogP contribution in [0.5, 0.6) is 17.2 Å². The van der Waals surface area contributed by atoms with Crippen molar-refractivity contribution >= 4 is 5.97 Å². The molecule has 2 aromatic carbocycles. The Morgan fingerprint density at radius 1 is 0.718 bits per heavy atom. The van der Waals surface area contributed by atoms with Crippen LogP contribution in [0.4, 0.5) is 0 Å². The molecule has 3 rings (SSSR count). The summed E-state index contributed by atoms with van der Waals surface area (Å²) in [5.41, 5.74) is 0.502. The van der Waals surface area contributed by atoms with Crippen LogP contribution in [0.25, 0.3) is 0 Å². The summed E-state index contributed by atoms with van der Waals surface area (Å²) >= 11 is 0. The summed E-state index contributed by atoms with van der Waals surface area (Å²) in [4.78, 5) is 12.5. The molecule has 0 aliphatic heterocycles. The molecule has 0 saturated heterocycles. The Balaban J connectivity index is 1.31. The van der Waals surface area contributed by atoms with E-state index in [9.17, 15) is 4.79 Å². The molecule has 214 valence electrons. The Hall–Kier alpha value is -2.75. The largest absolute Gasteiger partial charge is 0.494 e. The van der Waals surface area contributed by atoms with Crippen molar-refractivity contribution in [2.75, 3.05) is 13.2 Å². The molecule has 0 heterocycles. The van der Waals surface area contributed by atoms with Crippen LogP contribution in [0.1, 0.15) is 114 Å². The maximum atomic E-state index is 12.5. The number of unbranched alkanes of at least 4 members (excludes halogenated alkanes) is 7. The molecule has 0 atom stereocenters. The molecule has 0 N–H and O–H groups in total. The summed E-state index contributed by atoms with van der Waals surface area (Å²) in [6.07, 6.45) is 22.8. The standard InChI is InChI=1S/C35H50O4/c1-3-5-7-8-9-11-27-37-32-21-19-31(20-22-32)35(36)39-34-25-23-33(24-26-34)38-28-12-14-30-17-15-29(16-18-30)13-10-6-4-2/h12,14,19-26,29-30H,3-11,13,15-18,27-28H2,1-2H3. The summed E-state index contributed by atoms with van der Waals surface area (Å²) in [6.45, 7) is 5.78. The van der Waals surface area contributed by atoms with Crippen molar-refractivity contribution in [1.29, 1.82) is 0 Å². The van der Waals surface area contributed by atoms with E-state index in [-0.39, 0.29) is 5.97 Å². The maximum absolute atomic E-state index is 12.5. The van der Waals surface area contributed by atoms with Crippen molar-refractivity contribution < 1.29 is 19.0 Å². The minimum Gasteiger partial charge on any atom is -0.494 e. The Morgan fingerprint density at radius 2 is 1.31 bits per heavy atom. The van der Waals surface area contributed by atoms with Crippen molar-refractivity contribution in [1.82, 2.24) is 0 Å². The highest BCUT2D eigenvalue weighted by Crippen LogP contribution is 2.32. The smallest absolute Gasteiger partial charge is 0.343 e. The van der Waals surface area contributed by atoms with Gasteiger partial charge in [-0.05, 0) is 92.5 Å². The molecular weight excluding hydrogens is 484 g/mol. The van der Waals surface area contributed by atoms with Crippen LogP contribution >= 0.6 is 0 Å². The van der Waals surface area contributed by atoms with E-state index < -0.39 is 0 Å². The van der Waals surface area contributed by atoms with Gasteiger partial charge < -0.3 is 14.2 Å². The average molecular weight is 535 g/mol. The van der Waals surface area contributed by atoms with Crippen molar-refractivity contribution in [2.45, 2.75) is 104 Å². The van der Waals surface area contributed by atoms with Gasteiger partial charge in [-0.2, -0.15) is 0 Å². The molecule has 0 aromatic heterocycles. The first-order valence-electron chi connectivity index (χ1n) is 15.5. The van der Waals surface area contributed by atoms with Gasteiger partial charge in [0.1, 0.15) is 23.9 Å². The third-order valence-corrected chi connectivity index (χ3v) is 7.75. The van der Waals surface area contributed by atoms with Gasteiger partial charge in [-0.3, -0.25) is 0 Å². The number of carbonyl (C=O) groups is 1. The number of ether oxygens (including phenoxy) is 3. The lowest BCUT2D eigenvalue weighted by atomic mass is 9.79. The molecule has 0 amide bonds. The van der Waals surface area contributed by atoms with Gasteiger partial charge in [0, 0.05) is 0 Å². The van der Waals surface area contributed by atoms with E-state index in [2.05, 4.69) is 26.0 Å². The number of carbonyl (C=O) groups excluding carboxylic acids is 1. The monoisotopic (exact) mass is 534 g/mol. The Morgan fingerprint density at radius 3 is 2.03 bits per heavy atom. The van der Waals surface area contributed by atoms with Gasteiger partial charge >= 0.3 is 5.97 Å². The van der Waals surface area contributed by atoms with Crippen molar-refractivity contribution in [3.05, 3.63) is 66.2 Å². The van der Waals surface area contributed by atoms with Gasteiger partial charge in [-0.25, -0.2) is 4.79 Å². The fourth-order valence-corrected chi connectivity index (χ4v) is 5.27. The molecule has 2 aromatic rings. The molecule has 1 fully saturated rings. The Labute approximate surface area is 237 Å². The summed E-state index contributed by atoms with van der Waals surface area (Å²) in [6, 6.07) is 14.4. The predicted octanol–water partition coefficient (Wildman–Crippen LogP) is 9.97. The highest BCUT2D eigenvalue weighted by atomic mass is 16.5. The number of esters is 1. The van der Waals surface area contributed by atoms with E-state index in [1.54, 1.807) is 24.3 Å². The van der Waals surface area contributed by atoms with Gasteiger partial charge in [0.2, 0.25) is 0 Å². The second kappa shape index (κ2) is 18.5. The second-order valence-electron chi connectivity index (χ2n) is 11.0. The summed E-state index contributed by atoms with van der Waals surface area (Å²) in [7, 11) is 0. The third-order valence-electron chi connectivity index (χ3n) is 7.75. The lowest BCUT2D eigenvalue weighted by molar-refractivity contribution is 0.0734. The fourth-order valence-electron chi connectivity index (χ4n) is 5.27. The lowest BCUT2D eigenvalue weighted by Crippen LogP contribution is -2.13. The molecule has 0 unspecified atom stereocenters. The third kappa shape index (κ3) is 12.3. The van der Waals surface area contributed by atoms with Crippen LogP contribution < -0.4 is 14.2 Å². The van der Waals surface area contributed by atoms with Crippen molar-refractivity contribution in [3.63, 3.8) is 0 Å². The zero-order valence-electron chi connectivity index (χ0n) is 24.4. The van der Waals surface area contributed by atoms with Crippen LogP contribution in [0.15, 0.2) is 60.7 Å². The Bertz CT molecular complexity index is 940. The normalized spacial score (nSPS) is 17.3. The quantitative estimate of drug-likeness (QED) is 0.0826. The van der Waals surface area contributed by atoms with Crippen LogP contribution in [-0.2, 0) is 0 Å². The number of rotatable bonds is 18. The minimum atomic E-state index is -0.380. The fraction of sp³-hybridized carbons (Fsp3) is 0.571. The molecule has 1 saturated carbocycles. The summed E-state index contributed by atoms with van der Waals surface area (Å²) < 4.78 is 17.2. The average Bonchev–Trinajstić information content (AvgIpc) is 2.97. The first-order valence-corrected chi connectivity index (χ1v) is 15.5. The zero-order valence-corrected chi connectivity index (χ0v) is 24.4. The molecule has 1 aliphatic carbocycles. The molecule has 1 aliphatic rings. The van der Waals surface area contributed by atoms with E-state index in [0.717, 1.165) is 23.8 Å². The summed E-state index contributed by atoms with van der Waals surface area (Å²) in [5.74, 6) is 3.31. The highest BCUT2D eigenvalue weighted by molar-refractivity contribution is 5.91. The van der Waals surface area contributed by atoms with Gasteiger partial charge in [-0.1, -0.05) is 83.8 Å². The minimum absolute atomic E-state index is 0.380. The van der Waals surface area contributed by atoms with E-state index in [1.807, 2.05) is 24.3 Å². The topological polar surface area (TPSA) is 44.8 Å².